The van der Waals surface area contributed by atoms with Crippen molar-refractivity contribution in [3.05, 3.63) is 28.2 Å². The lowest BCUT2D eigenvalue weighted by atomic mass is 10.0. The third kappa shape index (κ3) is 3.40. The van der Waals surface area contributed by atoms with Gasteiger partial charge in [-0.25, -0.2) is 0 Å². The average Bonchev–Trinajstić information content (AvgIpc) is 2.43. The normalized spacial score (nSPS) is 34.2. The number of halogens is 2. The summed E-state index contributed by atoms with van der Waals surface area (Å²) in [5, 5.41) is 39.2. The second-order valence-electron chi connectivity index (χ2n) is 4.39. The lowest BCUT2D eigenvalue weighted by Crippen LogP contribution is -2.57. The Morgan fingerprint density at radius 1 is 1.05 bits per heavy atom. The summed E-state index contributed by atoms with van der Waals surface area (Å²) in [7, 11) is 0. The second-order valence-corrected chi connectivity index (χ2v) is 6.38. The fourth-order valence-electron chi connectivity index (χ4n) is 1.85. The van der Waals surface area contributed by atoms with Crippen LogP contribution in [0.4, 0.5) is 0 Å². The van der Waals surface area contributed by atoms with E-state index in [4.69, 9.17) is 33.0 Å². The zero-order valence-corrected chi connectivity index (χ0v) is 12.5. The van der Waals surface area contributed by atoms with E-state index in [-0.39, 0.29) is 0 Å². The van der Waals surface area contributed by atoms with E-state index in [2.05, 4.69) is 0 Å². The summed E-state index contributed by atoms with van der Waals surface area (Å²) in [4.78, 5) is 0.684. The summed E-state index contributed by atoms with van der Waals surface area (Å²) in [6, 6.07) is 4.91. The van der Waals surface area contributed by atoms with Gasteiger partial charge in [0.1, 0.15) is 29.9 Å². The van der Waals surface area contributed by atoms with Gasteiger partial charge < -0.3 is 25.2 Å². The second kappa shape index (κ2) is 6.81. The van der Waals surface area contributed by atoms with Gasteiger partial charge in [0.15, 0.2) is 0 Å². The Hall–Kier alpha value is -0.0500. The van der Waals surface area contributed by atoms with Crippen LogP contribution in [0, 0.1) is 0 Å². The van der Waals surface area contributed by atoms with Gasteiger partial charge in [-0.2, -0.15) is 0 Å². The van der Waals surface area contributed by atoms with Crippen LogP contribution in [-0.4, -0.2) is 56.9 Å². The Bertz CT molecular complexity index is 473. The van der Waals surface area contributed by atoms with Crippen LogP contribution < -0.4 is 0 Å². The largest absolute Gasteiger partial charge is 0.394 e. The van der Waals surface area contributed by atoms with Gasteiger partial charge >= 0.3 is 0 Å². The van der Waals surface area contributed by atoms with Gasteiger partial charge in [-0.15, -0.1) is 0 Å². The van der Waals surface area contributed by atoms with Crippen molar-refractivity contribution in [1.82, 2.24) is 0 Å². The molecule has 0 saturated carbocycles. The molecule has 0 aromatic heterocycles. The average molecular weight is 341 g/mol. The van der Waals surface area contributed by atoms with Gasteiger partial charge in [-0.1, -0.05) is 35.0 Å². The molecule has 5 atom stereocenters. The molecule has 1 aliphatic rings. The molecule has 1 saturated heterocycles. The first-order valence-electron chi connectivity index (χ1n) is 5.86. The van der Waals surface area contributed by atoms with E-state index in [1.165, 1.54) is 0 Å². The van der Waals surface area contributed by atoms with E-state index in [1.807, 2.05) is 0 Å². The van der Waals surface area contributed by atoms with Crippen molar-refractivity contribution in [3.8, 4) is 0 Å². The van der Waals surface area contributed by atoms with Crippen LogP contribution in [-0.2, 0) is 4.74 Å². The van der Waals surface area contributed by atoms with E-state index < -0.39 is 36.5 Å². The number of thioether (sulfide) groups is 1. The van der Waals surface area contributed by atoms with Crippen molar-refractivity contribution in [2.45, 2.75) is 34.7 Å². The van der Waals surface area contributed by atoms with Crippen molar-refractivity contribution >= 4 is 35.0 Å². The number of aliphatic hydroxyl groups is 4. The first kappa shape index (κ1) is 16.3. The van der Waals surface area contributed by atoms with Crippen LogP contribution in [0.1, 0.15) is 0 Å². The lowest BCUT2D eigenvalue weighted by molar-refractivity contribution is -0.205. The number of benzene rings is 1. The maximum atomic E-state index is 9.91. The molecule has 0 radical (unpaired) electrons. The fourth-order valence-corrected chi connectivity index (χ4v) is 3.31. The SMILES string of the molecule is OC[C@H]1O[C@H](Sc2ccc(Cl)c(Cl)c2)[C@H](O)[C@@H](O)[C@H]1O. The van der Waals surface area contributed by atoms with Crippen molar-refractivity contribution < 1.29 is 25.2 Å². The van der Waals surface area contributed by atoms with Crippen LogP contribution in [0.5, 0.6) is 0 Å². The van der Waals surface area contributed by atoms with E-state index in [0.29, 0.717) is 14.9 Å². The van der Waals surface area contributed by atoms with E-state index in [1.54, 1.807) is 18.2 Å². The quantitative estimate of drug-likeness (QED) is 0.653. The minimum atomic E-state index is -1.39. The number of hydrogen-bond donors (Lipinski definition) is 4. The molecule has 1 aliphatic heterocycles. The molecule has 112 valence electrons. The molecule has 1 aromatic rings. The van der Waals surface area contributed by atoms with E-state index in [0.717, 1.165) is 11.8 Å². The van der Waals surface area contributed by atoms with Crippen molar-refractivity contribution in [3.63, 3.8) is 0 Å². The number of ether oxygens (including phenoxy) is 1. The Morgan fingerprint density at radius 2 is 1.75 bits per heavy atom. The van der Waals surface area contributed by atoms with Crippen molar-refractivity contribution in [2.24, 2.45) is 0 Å². The Balaban J connectivity index is 2.13. The minimum Gasteiger partial charge on any atom is -0.394 e. The molecular formula is C12H14Cl2O5S. The molecule has 0 bridgehead atoms. The van der Waals surface area contributed by atoms with Gasteiger partial charge in [0.25, 0.3) is 0 Å². The molecule has 1 aromatic carbocycles. The van der Waals surface area contributed by atoms with Gasteiger partial charge in [0.2, 0.25) is 0 Å². The highest BCUT2D eigenvalue weighted by Gasteiger charge is 2.43. The molecule has 8 heteroatoms. The predicted molar refractivity (Wildman–Crippen MR) is 76.1 cm³/mol. The van der Waals surface area contributed by atoms with Crippen LogP contribution in [0.15, 0.2) is 23.1 Å². The van der Waals surface area contributed by atoms with Gasteiger partial charge in [0, 0.05) is 4.90 Å². The highest BCUT2D eigenvalue weighted by Crippen LogP contribution is 2.35. The molecule has 1 fully saturated rings. The van der Waals surface area contributed by atoms with Crippen LogP contribution in [0.3, 0.4) is 0 Å². The summed E-state index contributed by atoms with van der Waals surface area (Å²) >= 11 is 12.8. The Kier molecular flexibility index (Phi) is 5.56. The molecule has 1 heterocycles. The topological polar surface area (TPSA) is 90.2 Å². The molecule has 0 unspecified atom stereocenters. The third-order valence-corrected chi connectivity index (χ3v) is 4.88. The van der Waals surface area contributed by atoms with Gasteiger partial charge in [-0.05, 0) is 18.2 Å². The van der Waals surface area contributed by atoms with Gasteiger partial charge in [-0.3, -0.25) is 0 Å². The van der Waals surface area contributed by atoms with Crippen molar-refractivity contribution in [2.75, 3.05) is 6.61 Å². The molecule has 4 N–H and O–H groups in total. The van der Waals surface area contributed by atoms with E-state index >= 15 is 0 Å². The van der Waals surface area contributed by atoms with E-state index in [9.17, 15) is 15.3 Å². The minimum absolute atomic E-state index is 0.362. The molecule has 20 heavy (non-hydrogen) atoms. The number of rotatable bonds is 3. The highest BCUT2D eigenvalue weighted by molar-refractivity contribution is 7.99. The summed E-state index contributed by atoms with van der Waals surface area (Å²) in [5.74, 6) is 0. The smallest absolute Gasteiger partial charge is 0.136 e. The number of hydrogen-bond acceptors (Lipinski definition) is 6. The maximum Gasteiger partial charge on any atom is 0.136 e. The lowest BCUT2D eigenvalue weighted by Gasteiger charge is -2.39. The molecule has 5 nitrogen and oxygen atoms in total. The molecule has 2 rings (SSSR count). The predicted octanol–water partition coefficient (Wildman–Crippen LogP) is 0.885. The first-order valence-corrected chi connectivity index (χ1v) is 7.50. The standard InChI is InChI=1S/C12H14Cl2O5S/c13-6-2-1-5(3-7(6)14)20-12-11(18)10(17)9(16)8(4-15)19-12/h1-3,8-12,15-18H,4H2/t8-,9+,10+,11-,12-/m1/s1. The summed E-state index contributed by atoms with van der Waals surface area (Å²) in [5.41, 5.74) is -0.831. The maximum absolute atomic E-state index is 9.91. The zero-order valence-electron chi connectivity index (χ0n) is 10.2. The Labute approximate surface area is 130 Å². The molecular weight excluding hydrogens is 327 g/mol. The van der Waals surface area contributed by atoms with Crippen LogP contribution in [0.25, 0.3) is 0 Å². The van der Waals surface area contributed by atoms with Crippen molar-refractivity contribution in [1.29, 1.82) is 0 Å². The zero-order chi connectivity index (χ0) is 14.9. The van der Waals surface area contributed by atoms with Crippen LogP contribution >= 0.6 is 35.0 Å². The summed E-state index contributed by atoms with van der Waals surface area (Å²) < 4.78 is 5.38. The molecule has 0 aliphatic carbocycles. The summed E-state index contributed by atoms with van der Waals surface area (Å²) in [6.07, 6.45) is -4.96. The number of aliphatic hydroxyl groups excluding tert-OH is 4. The Morgan fingerprint density at radius 3 is 2.35 bits per heavy atom. The fraction of sp³-hybridized carbons (Fsp3) is 0.500. The first-order chi connectivity index (χ1) is 9.43. The summed E-state index contributed by atoms with van der Waals surface area (Å²) in [6.45, 7) is -0.455. The third-order valence-electron chi connectivity index (χ3n) is 2.99. The van der Waals surface area contributed by atoms with Gasteiger partial charge in [0.05, 0.1) is 16.7 Å². The van der Waals surface area contributed by atoms with Crippen LogP contribution in [0.2, 0.25) is 10.0 Å². The monoisotopic (exact) mass is 340 g/mol. The molecule has 0 spiro atoms. The highest BCUT2D eigenvalue weighted by atomic mass is 35.5. The molecule has 0 amide bonds.